The van der Waals surface area contributed by atoms with E-state index in [-0.39, 0.29) is 24.8 Å². The molecule has 206 valence electrons. The zero-order chi connectivity index (χ0) is 27.9. The van der Waals surface area contributed by atoms with Crippen molar-refractivity contribution in [3.8, 4) is 0 Å². The lowest BCUT2D eigenvalue weighted by Crippen LogP contribution is -2.43. The van der Waals surface area contributed by atoms with E-state index >= 15 is 0 Å². The van der Waals surface area contributed by atoms with E-state index in [0.717, 1.165) is 43.8 Å². The fourth-order valence-electron chi connectivity index (χ4n) is 4.56. The normalized spacial score (nSPS) is 14.4. The molecule has 11 heteroatoms. The molecule has 1 aliphatic heterocycles. The molecule has 0 atom stereocenters. The first-order valence-corrected chi connectivity index (χ1v) is 13.0. The molecular weight excluding hydrogens is 496 g/mol. The van der Waals surface area contributed by atoms with Crippen LogP contribution in [0.2, 0.25) is 0 Å². The zero-order valence-corrected chi connectivity index (χ0v) is 22.7. The zero-order valence-electron chi connectivity index (χ0n) is 22.7. The standard InChI is InChI=1S/C28H36N8O3/c1-5-7-23(17-34(19-38)20(3)4)36-26-24(27(39)35(36)12-6-2)16-30-28(32-26)31-22-8-9-25(21(15-22)18-37)33-13-10-29-11-14-33/h5-9,15-17,19-20,29,37H,2,10-14,18H2,1,3-4H3,(H,30,31,32)/b7-5-,23-17+. The number of hydrogen-bond donors (Lipinski definition) is 3. The number of piperazine rings is 1. The largest absolute Gasteiger partial charge is 0.392 e. The molecule has 0 unspecified atom stereocenters. The molecule has 3 heterocycles. The molecule has 0 radical (unpaired) electrons. The molecule has 39 heavy (non-hydrogen) atoms. The molecule has 1 fully saturated rings. The maximum Gasteiger partial charge on any atom is 0.278 e. The Hall–Kier alpha value is -4.22. The van der Waals surface area contributed by atoms with Crippen molar-refractivity contribution >= 4 is 40.5 Å². The molecule has 4 rings (SSSR count). The second-order valence-corrected chi connectivity index (χ2v) is 9.48. The Morgan fingerprint density at radius 3 is 2.72 bits per heavy atom. The SMILES string of the molecule is C=CCn1c(=O)c2cnc(Nc3ccc(N4CCNCC4)c(CO)c3)nc2n1C(/C=C\C)=C/N(C=O)C(C)C. The molecule has 1 aromatic carbocycles. The number of nitrogens with zero attached hydrogens (tertiary/aromatic N) is 6. The summed E-state index contributed by atoms with van der Waals surface area (Å²) in [5.41, 5.74) is 3.23. The predicted molar refractivity (Wildman–Crippen MR) is 155 cm³/mol. The molecule has 3 aromatic rings. The van der Waals surface area contributed by atoms with E-state index in [1.807, 2.05) is 51.1 Å². The first-order chi connectivity index (χ1) is 18.9. The summed E-state index contributed by atoms with van der Waals surface area (Å²) in [6.07, 6.45) is 9.22. The van der Waals surface area contributed by atoms with E-state index in [1.54, 1.807) is 17.0 Å². The van der Waals surface area contributed by atoms with E-state index in [1.165, 1.54) is 15.8 Å². The molecule has 1 aliphatic rings. The van der Waals surface area contributed by atoms with Crippen LogP contribution in [0.1, 0.15) is 26.3 Å². The Morgan fingerprint density at radius 2 is 2.08 bits per heavy atom. The van der Waals surface area contributed by atoms with Crippen LogP contribution in [0.25, 0.3) is 16.7 Å². The molecule has 11 nitrogen and oxygen atoms in total. The minimum Gasteiger partial charge on any atom is -0.392 e. The van der Waals surface area contributed by atoms with Gasteiger partial charge in [0.25, 0.3) is 5.56 Å². The first kappa shape index (κ1) is 27.8. The van der Waals surface area contributed by atoms with E-state index < -0.39 is 0 Å². The van der Waals surface area contributed by atoms with Gasteiger partial charge in [-0.15, -0.1) is 6.58 Å². The van der Waals surface area contributed by atoms with Gasteiger partial charge in [0.2, 0.25) is 12.4 Å². The number of carbonyl (C=O) groups excluding carboxylic acids is 1. The monoisotopic (exact) mass is 532 g/mol. The highest BCUT2D eigenvalue weighted by molar-refractivity contribution is 5.80. The molecule has 0 bridgehead atoms. The highest BCUT2D eigenvalue weighted by atomic mass is 16.3. The van der Waals surface area contributed by atoms with Gasteiger partial charge >= 0.3 is 0 Å². The number of amides is 1. The van der Waals surface area contributed by atoms with Gasteiger partial charge in [-0.05, 0) is 45.0 Å². The lowest BCUT2D eigenvalue weighted by Gasteiger charge is -2.31. The van der Waals surface area contributed by atoms with E-state index in [4.69, 9.17) is 4.98 Å². The maximum absolute atomic E-state index is 13.3. The van der Waals surface area contributed by atoms with Crippen molar-refractivity contribution in [1.82, 2.24) is 29.5 Å². The van der Waals surface area contributed by atoms with Gasteiger partial charge in [-0.2, -0.15) is 4.98 Å². The predicted octanol–water partition coefficient (Wildman–Crippen LogP) is 2.67. The molecule has 3 N–H and O–H groups in total. The van der Waals surface area contributed by atoms with E-state index in [9.17, 15) is 14.7 Å². The summed E-state index contributed by atoms with van der Waals surface area (Å²) in [5.74, 6) is 0.293. The number of anilines is 3. The van der Waals surface area contributed by atoms with Crippen LogP contribution in [0.5, 0.6) is 0 Å². The van der Waals surface area contributed by atoms with Gasteiger partial charge in [-0.25, -0.2) is 14.3 Å². The van der Waals surface area contributed by atoms with Gasteiger partial charge in [0.05, 0.1) is 18.8 Å². The van der Waals surface area contributed by atoms with Crippen molar-refractivity contribution in [3.63, 3.8) is 0 Å². The Kier molecular flexibility index (Phi) is 8.95. The number of benzene rings is 1. The minimum atomic E-state index is -0.267. The van der Waals surface area contributed by atoms with E-state index in [2.05, 4.69) is 27.1 Å². The Balaban J connectivity index is 1.78. The molecule has 0 aliphatic carbocycles. The highest BCUT2D eigenvalue weighted by Crippen LogP contribution is 2.27. The summed E-state index contributed by atoms with van der Waals surface area (Å²) < 4.78 is 3.19. The number of fused-ring (bicyclic) bond motifs is 1. The van der Waals surface area contributed by atoms with Crippen LogP contribution in [0, 0.1) is 0 Å². The van der Waals surface area contributed by atoms with Crippen LogP contribution >= 0.6 is 0 Å². The second kappa shape index (κ2) is 12.5. The van der Waals surface area contributed by atoms with E-state index in [0.29, 0.717) is 28.4 Å². The van der Waals surface area contributed by atoms with Crippen LogP contribution in [0.15, 0.2) is 60.2 Å². The van der Waals surface area contributed by atoms with Crippen LogP contribution in [0.4, 0.5) is 17.3 Å². The van der Waals surface area contributed by atoms with Gasteiger partial charge in [0.15, 0.2) is 5.65 Å². The topological polar surface area (TPSA) is 121 Å². The van der Waals surface area contributed by atoms with Crippen molar-refractivity contribution in [1.29, 1.82) is 0 Å². The van der Waals surface area contributed by atoms with Gasteiger partial charge in [-0.1, -0.05) is 12.2 Å². The van der Waals surface area contributed by atoms with Crippen molar-refractivity contribution in [2.24, 2.45) is 0 Å². The maximum atomic E-state index is 13.3. The summed E-state index contributed by atoms with van der Waals surface area (Å²) in [7, 11) is 0. The van der Waals surface area contributed by atoms with Gasteiger partial charge in [0, 0.05) is 61.6 Å². The molecule has 0 saturated carbocycles. The summed E-state index contributed by atoms with van der Waals surface area (Å²) in [4.78, 5) is 37.9. The average molecular weight is 533 g/mol. The third-order valence-electron chi connectivity index (χ3n) is 6.52. The third-order valence-corrected chi connectivity index (χ3v) is 6.52. The second-order valence-electron chi connectivity index (χ2n) is 9.48. The molecule has 1 saturated heterocycles. The quantitative estimate of drug-likeness (QED) is 0.196. The Morgan fingerprint density at radius 1 is 1.31 bits per heavy atom. The first-order valence-electron chi connectivity index (χ1n) is 13.0. The van der Waals surface area contributed by atoms with Crippen LogP contribution in [-0.4, -0.2) is 68.0 Å². The van der Waals surface area contributed by atoms with Gasteiger partial charge in [-0.3, -0.25) is 9.59 Å². The summed E-state index contributed by atoms with van der Waals surface area (Å²) in [6, 6.07) is 5.72. The number of aliphatic hydroxyl groups is 1. The Bertz CT molecular complexity index is 1450. The number of allylic oxidation sites excluding steroid dienone is 4. The smallest absolute Gasteiger partial charge is 0.278 e. The number of hydrogen-bond acceptors (Lipinski definition) is 8. The number of carbonyl (C=O) groups is 1. The number of aromatic nitrogens is 4. The number of aliphatic hydroxyl groups excluding tert-OH is 1. The van der Waals surface area contributed by atoms with Gasteiger partial charge in [0.1, 0.15) is 5.39 Å². The minimum absolute atomic E-state index is 0.0825. The molecular formula is C28H36N8O3. The fraction of sp³-hybridized carbons (Fsp3) is 0.357. The Labute approximate surface area is 227 Å². The third kappa shape index (κ3) is 5.94. The van der Waals surface area contributed by atoms with Crippen molar-refractivity contribution in [3.05, 3.63) is 71.3 Å². The average Bonchev–Trinajstić information content (AvgIpc) is 3.21. The molecule has 0 spiro atoms. The van der Waals surface area contributed by atoms with Crippen LogP contribution < -0.4 is 21.1 Å². The lowest BCUT2D eigenvalue weighted by molar-refractivity contribution is -0.117. The van der Waals surface area contributed by atoms with Gasteiger partial charge < -0.3 is 25.5 Å². The summed E-state index contributed by atoms with van der Waals surface area (Å²) in [6.45, 7) is 13.2. The fourth-order valence-corrected chi connectivity index (χ4v) is 4.56. The molecule has 2 aromatic heterocycles. The van der Waals surface area contributed by atoms with Crippen molar-refractivity contribution in [2.75, 3.05) is 36.4 Å². The molecule has 1 amide bonds. The summed E-state index contributed by atoms with van der Waals surface area (Å²) >= 11 is 0. The lowest BCUT2D eigenvalue weighted by atomic mass is 10.1. The van der Waals surface area contributed by atoms with Crippen molar-refractivity contribution < 1.29 is 9.90 Å². The number of nitrogens with one attached hydrogen (secondary N) is 2. The number of rotatable bonds is 11. The van der Waals surface area contributed by atoms with Crippen LogP contribution in [0.3, 0.4) is 0 Å². The van der Waals surface area contributed by atoms with Crippen LogP contribution in [-0.2, 0) is 17.9 Å². The van der Waals surface area contributed by atoms with Crippen molar-refractivity contribution in [2.45, 2.75) is 40.0 Å². The summed E-state index contributed by atoms with van der Waals surface area (Å²) in [5, 5.41) is 16.9. The highest BCUT2D eigenvalue weighted by Gasteiger charge is 2.19.